The minimum Gasteiger partial charge on any atom is -0.365 e. The molecular formula is C24H29N3O2. The largest absolute Gasteiger partial charge is 0.365 e. The van der Waals surface area contributed by atoms with Gasteiger partial charge in [-0.15, -0.1) is 0 Å². The number of para-hydroxylation sites is 1. The maximum absolute atomic E-state index is 13.1. The van der Waals surface area contributed by atoms with Gasteiger partial charge in [0.25, 0.3) is 0 Å². The maximum Gasteiger partial charge on any atom is 0.242 e. The van der Waals surface area contributed by atoms with Crippen LogP contribution in [0.5, 0.6) is 0 Å². The molecule has 2 aromatic carbocycles. The summed E-state index contributed by atoms with van der Waals surface area (Å²) in [6.45, 7) is 6.56. The van der Waals surface area contributed by atoms with Crippen molar-refractivity contribution in [2.24, 2.45) is 0 Å². The van der Waals surface area contributed by atoms with Gasteiger partial charge in [-0.1, -0.05) is 30.3 Å². The van der Waals surface area contributed by atoms with E-state index in [1.54, 1.807) is 4.90 Å². The predicted octanol–water partition coefficient (Wildman–Crippen LogP) is 3.40. The first-order chi connectivity index (χ1) is 14.0. The molecule has 29 heavy (non-hydrogen) atoms. The summed E-state index contributed by atoms with van der Waals surface area (Å²) in [6, 6.07) is 16.7. The van der Waals surface area contributed by atoms with E-state index in [1.807, 2.05) is 23.1 Å². The Bertz CT molecular complexity index is 911. The lowest BCUT2D eigenvalue weighted by atomic mass is 10.1. The van der Waals surface area contributed by atoms with Crippen molar-refractivity contribution in [1.82, 2.24) is 4.90 Å². The Balaban J connectivity index is 1.45. The SMILES string of the molecule is Cc1cccc(N2CCN(C(=O)CN3C(=O)CCCc4ccccc43)C[C@H]2C)c1. The van der Waals surface area contributed by atoms with Crippen LogP contribution in [-0.4, -0.2) is 48.9 Å². The molecule has 0 aromatic heterocycles. The molecule has 0 unspecified atom stereocenters. The van der Waals surface area contributed by atoms with Gasteiger partial charge in [-0.2, -0.15) is 0 Å². The molecule has 2 aromatic rings. The Morgan fingerprint density at radius 3 is 2.69 bits per heavy atom. The predicted molar refractivity (Wildman–Crippen MR) is 116 cm³/mol. The number of rotatable bonds is 3. The molecule has 4 rings (SSSR count). The van der Waals surface area contributed by atoms with E-state index in [2.05, 4.69) is 49.1 Å². The Morgan fingerprint density at radius 1 is 1.07 bits per heavy atom. The van der Waals surface area contributed by atoms with Crippen LogP contribution in [-0.2, 0) is 16.0 Å². The van der Waals surface area contributed by atoms with Gasteiger partial charge >= 0.3 is 0 Å². The highest BCUT2D eigenvalue weighted by Crippen LogP contribution is 2.27. The second-order valence-corrected chi connectivity index (χ2v) is 8.18. The van der Waals surface area contributed by atoms with Gasteiger partial charge < -0.3 is 14.7 Å². The number of amides is 2. The van der Waals surface area contributed by atoms with Crippen LogP contribution < -0.4 is 9.80 Å². The smallest absolute Gasteiger partial charge is 0.242 e. The van der Waals surface area contributed by atoms with Crippen LogP contribution in [0.15, 0.2) is 48.5 Å². The number of carbonyl (C=O) groups excluding carboxylic acids is 2. The van der Waals surface area contributed by atoms with Crippen LogP contribution in [0.3, 0.4) is 0 Å². The third kappa shape index (κ3) is 4.14. The molecule has 1 atom stereocenters. The van der Waals surface area contributed by atoms with Crippen LogP contribution in [0.2, 0.25) is 0 Å². The highest BCUT2D eigenvalue weighted by molar-refractivity contribution is 5.99. The molecule has 0 radical (unpaired) electrons. The van der Waals surface area contributed by atoms with Gasteiger partial charge in [-0.3, -0.25) is 9.59 Å². The number of piperazine rings is 1. The fourth-order valence-electron chi connectivity index (χ4n) is 4.47. The molecule has 1 fully saturated rings. The van der Waals surface area contributed by atoms with Crippen molar-refractivity contribution in [2.45, 2.75) is 39.2 Å². The minimum atomic E-state index is 0.0331. The average molecular weight is 392 g/mol. The zero-order valence-electron chi connectivity index (χ0n) is 17.3. The van der Waals surface area contributed by atoms with E-state index in [0.29, 0.717) is 19.5 Å². The molecule has 5 heteroatoms. The van der Waals surface area contributed by atoms with E-state index in [4.69, 9.17) is 0 Å². The van der Waals surface area contributed by atoms with E-state index in [9.17, 15) is 9.59 Å². The maximum atomic E-state index is 13.1. The molecule has 152 valence electrons. The number of anilines is 2. The molecule has 0 aliphatic carbocycles. The van der Waals surface area contributed by atoms with Crippen molar-refractivity contribution in [2.75, 3.05) is 36.0 Å². The van der Waals surface area contributed by atoms with E-state index in [1.165, 1.54) is 11.3 Å². The second kappa shape index (κ2) is 8.27. The second-order valence-electron chi connectivity index (χ2n) is 8.18. The Labute approximate surface area is 172 Å². The molecule has 2 amide bonds. The lowest BCUT2D eigenvalue weighted by molar-refractivity contribution is -0.132. The fourth-order valence-corrected chi connectivity index (χ4v) is 4.47. The van der Waals surface area contributed by atoms with Gasteiger partial charge in [-0.25, -0.2) is 0 Å². The summed E-state index contributed by atoms with van der Waals surface area (Å²) in [6.07, 6.45) is 2.23. The molecule has 5 nitrogen and oxygen atoms in total. The molecule has 0 saturated carbocycles. The average Bonchev–Trinajstić information content (AvgIpc) is 2.87. The number of fused-ring (bicyclic) bond motifs is 1. The van der Waals surface area contributed by atoms with Gasteiger partial charge in [0.2, 0.25) is 11.8 Å². The van der Waals surface area contributed by atoms with Gasteiger partial charge in [0, 0.05) is 43.5 Å². The number of aryl methyl sites for hydroxylation is 2. The van der Waals surface area contributed by atoms with Crippen LogP contribution in [0.4, 0.5) is 11.4 Å². The fraction of sp³-hybridized carbons (Fsp3) is 0.417. The van der Waals surface area contributed by atoms with Gasteiger partial charge in [0.05, 0.1) is 0 Å². The zero-order valence-corrected chi connectivity index (χ0v) is 17.3. The monoisotopic (exact) mass is 391 g/mol. The molecule has 0 bridgehead atoms. The first kappa shape index (κ1) is 19.5. The summed E-state index contributed by atoms with van der Waals surface area (Å²) >= 11 is 0. The van der Waals surface area contributed by atoms with E-state index < -0.39 is 0 Å². The molecule has 0 spiro atoms. The molecule has 2 aliphatic heterocycles. The Kier molecular flexibility index (Phi) is 5.56. The normalized spacial score (nSPS) is 19.7. The first-order valence-electron chi connectivity index (χ1n) is 10.5. The summed E-state index contributed by atoms with van der Waals surface area (Å²) < 4.78 is 0. The van der Waals surface area contributed by atoms with Crippen molar-refractivity contribution in [1.29, 1.82) is 0 Å². The lowest BCUT2D eigenvalue weighted by Crippen LogP contribution is -2.55. The molecule has 1 saturated heterocycles. The Morgan fingerprint density at radius 2 is 1.90 bits per heavy atom. The van der Waals surface area contributed by atoms with Crippen molar-refractivity contribution in [3.05, 3.63) is 59.7 Å². The van der Waals surface area contributed by atoms with Crippen molar-refractivity contribution < 1.29 is 9.59 Å². The van der Waals surface area contributed by atoms with Crippen LogP contribution in [0.1, 0.15) is 30.9 Å². The summed E-state index contributed by atoms with van der Waals surface area (Å²) in [5.41, 5.74) is 4.51. The van der Waals surface area contributed by atoms with Crippen molar-refractivity contribution in [3.8, 4) is 0 Å². The van der Waals surface area contributed by atoms with Crippen molar-refractivity contribution >= 4 is 23.2 Å². The highest BCUT2D eigenvalue weighted by atomic mass is 16.2. The molecule has 2 aliphatic rings. The quantitative estimate of drug-likeness (QED) is 0.805. The highest BCUT2D eigenvalue weighted by Gasteiger charge is 2.30. The topological polar surface area (TPSA) is 43.9 Å². The third-order valence-corrected chi connectivity index (χ3v) is 6.03. The number of nitrogens with zero attached hydrogens (tertiary/aromatic N) is 3. The zero-order chi connectivity index (χ0) is 20.4. The number of hydrogen-bond acceptors (Lipinski definition) is 3. The molecule has 2 heterocycles. The van der Waals surface area contributed by atoms with E-state index in [-0.39, 0.29) is 24.4 Å². The first-order valence-corrected chi connectivity index (χ1v) is 10.5. The number of hydrogen-bond donors (Lipinski definition) is 0. The standard InChI is InChI=1S/C24H29N3O2/c1-18-7-5-10-21(15-18)26-14-13-25(16-19(26)2)24(29)17-27-22-11-4-3-8-20(22)9-6-12-23(27)28/h3-5,7-8,10-11,15,19H,6,9,12-14,16-17H2,1-2H3/t19-/m1/s1. The third-order valence-electron chi connectivity index (χ3n) is 6.03. The minimum absolute atomic E-state index is 0.0331. The van der Waals surface area contributed by atoms with Crippen molar-refractivity contribution in [3.63, 3.8) is 0 Å². The summed E-state index contributed by atoms with van der Waals surface area (Å²) in [5.74, 6) is 0.0838. The Hall–Kier alpha value is -2.82. The summed E-state index contributed by atoms with van der Waals surface area (Å²) in [5, 5.41) is 0. The van der Waals surface area contributed by atoms with E-state index >= 15 is 0 Å². The lowest BCUT2D eigenvalue weighted by Gasteiger charge is -2.42. The van der Waals surface area contributed by atoms with Crippen LogP contribution in [0, 0.1) is 6.92 Å². The number of carbonyl (C=O) groups is 2. The van der Waals surface area contributed by atoms with Gasteiger partial charge in [0.1, 0.15) is 6.54 Å². The molecular weight excluding hydrogens is 362 g/mol. The summed E-state index contributed by atoms with van der Waals surface area (Å²) in [7, 11) is 0. The number of benzene rings is 2. The van der Waals surface area contributed by atoms with Crippen LogP contribution in [0.25, 0.3) is 0 Å². The molecule has 0 N–H and O–H groups in total. The summed E-state index contributed by atoms with van der Waals surface area (Å²) in [4.78, 5) is 31.7. The van der Waals surface area contributed by atoms with Gasteiger partial charge in [-0.05, 0) is 56.0 Å². The van der Waals surface area contributed by atoms with Gasteiger partial charge in [0.15, 0.2) is 0 Å². The van der Waals surface area contributed by atoms with E-state index in [0.717, 1.165) is 30.6 Å². The van der Waals surface area contributed by atoms with Crippen LogP contribution >= 0.6 is 0 Å².